The Morgan fingerprint density at radius 3 is 2.38 bits per heavy atom. The van der Waals surface area contributed by atoms with Gasteiger partial charge in [0.05, 0.1) is 12.3 Å². The molecule has 1 unspecified atom stereocenters. The lowest BCUT2D eigenvalue weighted by molar-refractivity contribution is -0.122. The summed E-state index contributed by atoms with van der Waals surface area (Å²) in [5, 5.41) is 9.36. The maximum atomic E-state index is 12.0. The largest absolute Gasteiger partial charge is 0.333 e. The van der Waals surface area contributed by atoms with Crippen molar-refractivity contribution in [3.8, 4) is 0 Å². The average Bonchev–Trinajstić information content (AvgIpc) is 2.49. The predicted octanol–water partition coefficient (Wildman–Crippen LogP) is 2.67. The molecule has 0 spiro atoms. The minimum absolute atomic E-state index is 0.141. The molecule has 4 heteroatoms. The second kappa shape index (κ2) is 9.66. The molecule has 0 aliphatic rings. The topological polar surface area (TPSA) is 79.0 Å². The molecule has 0 fully saturated rings. The van der Waals surface area contributed by atoms with Crippen LogP contribution in [0.1, 0.15) is 22.6 Å². The fourth-order valence-corrected chi connectivity index (χ4v) is 2.17. The molecular weight excluding hydrogens is 262 g/mol. The molecule has 0 bridgehead atoms. The van der Waals surface area contributed by atoms with Crippen molar-refractivity contribution in [3.63, 3.8) is 0 Å². The zero-order chi connectivity index (χ0) is 16.4. The SMILES string of the molecule is C=CC(C(=O)NC=N)[C@H](C=C)c1cc(C)ccc1C.CN. The van der Waals surface area contributed by atoms with Crippen LogP contribution < -0.4 is 11.1 Å². The lowest BCUT2D eigenvalue weighted by atomic mass is 9.82. The molecule has 4 nitrogen and oxygen atoms in total. The van der Waals surface area contributed by atoms with Gasteiger partial charge in [0.15, 0.2) is 0 Å². The molecule has 114 valence electrons. The third-order valence-corrected chi connectivity index (χ3v) is 3.21. The number of rotatable bonds is 6. The number of amides is 1. The summed E-state index contributed by atoms with van der Waals surface area (Å²) in [6.45, 7) is 11.6. The summed E-state index contributed by atoms with van der Waals surface area (Å²) in [6, 6.07) is 6.14. The molecule has 0 heterocycles. The molecule has 1 aromatic rings. The Morgan fingerprint density at radius 1 is 1.29 bits per heavy atom. The Morgan fingerprint density at radius 2 is 1.90 bits per heavy atom. The number of allylic oxidation sites excluding steroid dienone is 1. The second-order valence-corrected chi connectivity index (χ2v) is 4.54. The van der Waals surface area contributed by atoms with Crippen molar-refractivity contribution in [2.75, 3.05) is 7.05 Å². The maximum absolute atomic E-state index is 12.0. The minimum Gasteiger partial charge on any atom is -0.333 e. The molecule has 0 aliphatic heterocycles. The molecule has 1 amide bonds. The summed E-state index contributed by atoms with van der Waals surface area (Å²) in [6.07, 6.45) is 4.26. The summed E-state index contributed by atoms with van der Waals surface area (Å²) in [7, 11) is 1.50. The average molecular weight is 287 g/mol. The highest BCUT2D eigenvalue weighted by atomic mass is 16.1. The van der Waals surface area contributed by atoms with Crippen molar-refractivity contribution < 1.29 is 4.79 Å². The molecule has 0 aromatic heterocycles. The van der Waals surface area contributed by atoms with Crippen LogP contribution in [-0.4, -0.2) is 19.3 Å². The van der Waals surface area contributed by atoms with Crippen molar-refractivity contribution in [1.82, 2.24) is 5.32 Å². The first-order valence-corrected chi connectivity index (χ1v) is 6.74. The highest BCUT2D eigenvalue weighted by Gasteiger charge is 2.25. The Balaban J connectivity index is 0.00000191. The quantitative estimate of drug-likeness (QED) is 0.427. The van der Waals surface area contributed by atoms with E-state index in [4.69, 9.17) is 5.41 Å². The van der Waals surface area contributed by atoms with Crippen LogP contribution in [0.5, 0.6) is 0 Å². The summed E-state index contributed by atoms with van der Waals surface area (Å²) in [4.78, 5) is 12.0. The van der Waals surface area contributed by atoms with Crippen molar-refractivity contribution in [2.24, 2.45) is 11.7 Å². The molecule has 0 radical (unpaired) electrons. The monoisotopic (exact) mass is 287 g/mol. The fourth-order valence-electron chi connectivity index (χ4n) is 2.17. The molecule has 0 saturated heterocycles. The van der Waals surface area contributed by atoms with Crippen molar-refractivity contribution in [2.45, 2.75) is 19.8 Å². The number of hydrogen-bond acceptors (Lipinski definition) is 3. The van der Waals surface area contributed by atoms with Gasteiger partial charge in [-0.25, -0.2) is 0 Å². The number of benzene rings is 1. The van der Waals surface area contributed by atoms with Gasteiger partial charge in [-0.15, -0.1) is 13.2 Å². The number of carbonyl (C=O) groups excluding carboxylic acids is 1. The van der Waals surface area contributed by atoms with E-state index in [-0.39, 0.29) is 11.8 Å². The summed E-state index contributed by atoms with van der Waals surface area (Å²) >= 11 is 0. The number of aryl methyl sites for hydroxylation is 2. The van der Waals surface area contributed by atoms with Gasteiger partial charge in [0.2, 0.25) is 5.91 Å². The molecule has 0 saturated carbocycles. The van der Waals surface area contributed by atoms with Gasteiger partial charge in [-0.1, -0.05) is 35.9 Å². The molecular formula is C17H25N3O. The van der Waals surface area contributed by atoms with Crippen LogP contribution >= 0.6 is 0 Å². The zero-order valence-corrected chi connectivity index (χ0v) is 13.0. The normalized spacial score (nSPS) is 12.2. The highest BCUT2D eigenvalue weighted by Crippen LogP contribution is 2.30. The number of nitrogens with two attached hydrogens (primary N) is 1. The molecule has 1 aromatic carbocycles. The first kappa shape index (κ1) is 18.8. The van der Waals surface area contributed by atoms with E-state index in [0.717, 1.165) is 23.0 Å². The van der Waals surface area contributed by atoms with Crippen LogP contribution in [-0.2, 0) is 4.79 Å². The molecule has 2 atom stereocenters. The minimum atomic E-state index is -0.431. The van der Waals surface area contributed by atoms with E-state index in [0.29, 0.717) is 0 Å². The van der Waals surface area contributed by atoms with Gasteiger partial charge in [0.1, 0.15) is 0 Å². The van der Waals surface area contributed by atoms with Gasteiger partial charge in [0.25, 0.3) is 0 Å². The first-order valence-electron chi connectivity index (χ1n) is 6.74. The van der Waals surface area contributed by atoms with Crippen LogP contribution in [0.2, 0.25) is 0 Å². The van der Waals surface area contributed by atoms with Crippen molar-refractivity contribution >= 4 is 12.2 Å². The lowest BCUT2D eigenvalue weighted by Gasteiger charge is -2.22. The van der Waals surface area contributed by atoms with Gasteiger partial charge >= 0.3 is 0 Å². The lowest BCUT2D eigenvalue weighted by Crippen LogP contribution is -2.31. The molecule has 0 aliphatic carbocycles. The number of hydrogen-bond donors (Lipinski definition) is 3. The summed E-state index contributed by atoms with van der Waals surface area (Å²) in [5.74, 6) is -0.812. The Kier molecular flexibility index (Phi) is 8.65. The second-order valence-electron chi connectivity index (χ2n) is 4.54. The van der Waals surface area contributed by atoms with Gasteiger partial charge < -0.3 is 11.1 Å². The summed E-state index contributed by atoms with van der Waals surface area (Å²) < 4.78 is 0. The van der Waals surface area contributed by atoms with Gasteiger partial charge in [-0.3, -0.25) is 10.2 Å². The third-order valence-electron chi connectivity index (χ3n) is 3.21. The number of nitrogens with one attached hydrogen (secondary N) is 2. The summed E-state index contributed by atoms with van der Waals surface area (Å²) in [5.41, 5.74) is 7.83. The van der Waals surface area contributed by atoms with Crippen molar-refractivity contribution in [1.29, 1.82) is 5.41 Å². The van der Waals surface area contributed by atoms with Gasteiger partial charge in [0, 0.05) is 5.92 Å². The van der Waals surface area contributed by atoms with E-state index in [1.807, 2.05) is 26.0 Å². The van der Waals surface area contributed by atoms with E-state index in [1.165, 1.54) is 7.05 Å². The predicted molar refractivity (Wildman–Crippen MR) is 89.6 cm³/mol. The Bertz CT molecular complexity index is 509. The van der Waals surface area contributed by atoms with E-state index in [1.54, 1.807) is 12.2 Å². The van der Waals surface area contributed by atoms with Crippen molar-refractivity contribution in [3.05, 3.63) is 60.2 Å². The van der Waals surface area contributed by atoms with Crippen LogP contribution in [0.4, 0.5) is 0 Å². The Labute approximate surface area is 127 Å². The standard InChI is InChI=1S/C16H20N2O.CH5N/c1-5-13(14(6-2)16(19)18-10-17)15-9-11(3)7-8-12(15)4;1-2/h5-10,13-14H,1-2H2,3-4H3,(H2,17,18,19);2H2,1H3/t13-,14?;/m0./s1. The van der Waals surface area contributed by atoms with E-state index in [9.17, 15) is 4.79 Å². The van der Waals surface area contributed by atoms with Crippen LogP contribution in [0.15, 0.2) is 43.5 Å². The van der Waals surface area contributed by atoms with E-state index >= 15 is 0 Å². The van der Waals surface area contributed by atoms with Crippen LogP contribution in [0, 0.1) is 25.2 Å². The molecule has 1 rings (SSSR count). The zero-order valence-electron chi connectivity index (χ0n) is 13.0. The fraction of sp³-hybridized carbons (Fsp3) is 0.294. The van der Waals surface area contributed by atoms with Crippen LogP contribution in [0.25, 0.3) is 0 Å². The highest BCUT2D eigenvalue weighted by molar-refractivity contribution is 5.90. The smallest absolute Gasteiger partial charge is 0.232 e. The Hall–Kier alpha value is -2.20. The van der Waals surface area contributed by atoms with Crippen LogP contribution in [0.3, 0.4) is 0 Å². The van der Waals surface area contributed by atoms with Gasteiger partial charge in [-0.05, 0) is 32.0 Å². The van der Waals surface area contributed by atoms with Gasteiger partial charge in [-0.2, -0.15) is 0 Å². The molecule has 21 heavy (non-hydrogen) atoms. The third kappa shape index (κ3) is 5.00. The van der Waals surface area contributed by atoms with E-state index < -0.39 is 5.92 Å². The maximum Gasteiger partial charge on any atom is 0.232 e. The number of carbonyl (C=O) groups is 1. The molecule has 4 N–H and O–H groups in total. The first-order chi connectivity index (χ1) is 10.0. The van der Waals surface area contributed by atoms with E-state index in [2.05, 4.69) is 30.3 Å².